The van der Waals surface area contributed by atoms with Crippen molar-refractivity contribution < 1.29 is 0 Å². The average molecular weight is 405 g/mol. The van der Waals surface area contributed by atoms with Crippen LogP contribution in [0.4, 0.5) is 5.82 Å². The Balaban J connectivity index is 1.42. The Morgan fingerprint density at radius 2 is 1.80 bits per heavy atom. The zero-order valence-electron chi connectivity index (χ0n) is 18.3. The molecule has 0 amide bonds. The number of fused-ring (bicyclic) bond motifs is 2. The summed E-state index contributed by atoms with van der Waals surface area (Å²) >= 11 is 0. The number of nitrogens with zero attached hydrogens (tertiary/aromatic N) is 8. The summed E-state index contributed by atoms with van der Waals surface area (Å²) in [5, 5.41) is 13.7. The fourth-order valence-electron chi connectivity index (χ4n) is 4.32. The number of aryl methyl sites for hydroxylation is 2. The normalized spacial score (nSPS) is 16.1. The SMILES string of the molecule is Cc1cc2ncnc(N3CCC(c4nnc5ccc(C(C)(C)C)nn45)CC3)c2n1C. The Morgan fingerprint density at radius 1 is 1.03 bits per heavy atom. The quantitative estimate of drug-likeness (QED) is 0.510. The second kappa shape index (κ2) is 6.75. The highest BCUT2D eigenvalue weighted by Gasteiger charge is 2.28. The van der Waals surface area contributed by atoms with E-state index in [-0.39, 0.29) is 5.41 Å². The monoisotopic (exact) mass is 404 g/mol. The van der Waals surface area contributed by atoms with E-state index < -0.39 is 0 Å². The first-order valence-electron chi connectivity index (χ1n) is 10.6. The van der Waals surface area contributed by atoms with Crippen molar-refractivity contribution in [3.63, 3.8) is 0 Å². The van der Waals surface area contributed by atoms with E-state index in [0.717, 1.165) is 59.9 Å². The third kappa shape index (κ3) is 3.02. The van der Waals surface area contributed by atoms with Gasteiger partial charge in [0.2, 0.25) is 0 Å². The number of anilines is 1. The van der Waals surface area contributed by atoms with Crippen LogP contribution in [0.15, 0.2) is 24.5 Å². The van der Waals surface area contributed by atoms with Gasteiger partial charge in [0.05, 0.1) is 11.2 Å². The predicted molar refractivity (Wildman–Crippen MR) is 117 cm³/mol. The second-order valence-electron chi connectivity index (χ2n) is 9.33. The standard InChI is InChI=1S/C22H28N8/c1-14-12-16-19(28(14)5)21(24-13-23-16)29-10-8-15(9-11-29)20-26-25-18-7-6-17(22(2,3)4)27-30(18)20/h6-7,12-13,15H,8-11H2,1-5H3. The van der Waals surface area contributed by atoms with E-state index >= 15 is 0 Å². The van der Waals surface area contributed by atoms with Crippen LogP contribution in [0.5, 0.6) is 0 Å². The Morgan fingerprint density at radius 3 is 2.53 bits per heavy atom. The highest BCUT2D eigenvalue weighted by Crippen LogP contribution is 2.32. The van der Waals surface area contributed by atoms with E-state index in [2.05, 4.69) is 76.5 Å². The van der Waals surface area contributed by atoms with Gasteiger partial charge in [0.25, 0.3) is 0 Å². The lowest BCUT2D eigenvalue weighted by atomic mass is 9.92. The van der Waals surface area contributed by atoms with Crippen molar-refractivity contribution in [1.82, 2.24) is 34.3 Å². The molecule has 4 aromatic heterocycles. The van der Waals surface area contributed by atoms with Crippen molar-refractivity contribution in [2.24, 2.45) is 7.05 Å². The van der Waals surface area contributed by atoms with Gasteiger partial charge in [-0.1, -0.05) is 20.8 Å². The summed E-state index contributed by atoms with van der Waals surface area (Å²) in [6.07, 6.45) is 3.67. The minimum absolute atomic E-state index is 0.00925. The first kappa shape index (κ1) is 19.0. The molecule has 8 nitrogen and oxygen atoms in total. The fourth-order valence-corrected chi connectivity index (χ4v) is 4.32. The van der Waals surface area contributed by atoms with Gasteiger partial charge in [-0.15, -0.1) is 10.2 Å². The van der Waals surface area contributed by atoms with Gasteiger partial charge in [0, 0.05) is 37.2 Å². The molecule has 0 bridgehead atoms. The maximum absolute atomic E-state index is 4.87. The van der Waals surface area contributed by atoms with Crippen molar-refractivity contribution in [3.05, 3.63) is 41.7 Å². The van der Waals surface area contributed by atoms with Crippen LogP contribution in [0.25, 0.3) is 16.7 Å². The lowest BCUT2D eigenvalue weighted by molar-refractivity contribution is 0.471. The molecule has 30 heavy (non-hydrogen) atoms. The van der Waals surface area contributed by atoms with Gasteiger partial charge >= 0.3 is 0 Å². The molecule has 5 rings (SSSR count). The topological polar surface area (TPSA) is 77.0 Å². The summed E-state index contributed by atoms with van der Waals surface area (Å²) in [6, 6.07) is 6.20. The van der Waals surface area contributed by atoms with Gasteiger partial charge in [-0.05, 0) is 38.0 Å². The zero-order valence-corrected chi connectivity index (χ0v) is 18.3. The molecule has 1 fully saturated rings. The van der Waals surface area contributed by atoms with Crippen molar-refractivity contribution in [2.75, 3.05) is 18.0 Å². The highest BCUT2D eigenvalue weighted by atomic mass is 15.4. The maximum Gasteiger partial charge on any atom is 0.177 e. The highest BCUT2D eigenvalue weighted by molar-refractivity contribution is 5.87. The summed E-state index contributed by atoms with van der Waals surface area (Å²) in [4.78, 5) is 11.4. The third-order valence-electron chi connectivity index (χ3n) is 6.26. The fraction of sp³-hybridized carbons (Fsp3) is 0.500. The Kier molecular flexibility index (Phi) is 4.27. The molecule has 1 saturated heterocycles. The summed E-state index contributed by atoms with van der Waals surface area (Å²) in [6.45, 7) is 10.5. The first-order valence-corrected chi connectivity index (χ1v) is 10.6. The molecule has 0 aliphatic carbocycles. The van der Waals surface area contributed by atoms with Crippen LogP contribution in [0.3, 0.4) is 0 Å². The number of aromatic nitrogens is 7. The molecule has 156 valence electrons. The first-order chi connectivity index (χ1) is 14.3. The molecular formula is C22H28N8. The van der Waals surface area contributed by atoms with Crippen LogP contribution < -0.4 is 4.90 Å². The van der Waals surface area contributed by atoms with Gasteiger partial charge in [-0.25, -0.2) is 9.97 Å². The minimum Gasteiger partial charge on any atom is -0.355 e. The van der Waals surface area contributed by atoms with Crippen LogP contribution in [0.1, 0.15) is 56.7 Å². The molecular weight excluding hydrogens is 376 g/mol. The van der Waals surface area contributed by atoms with E-state index in [1.807, 2.05) is 10.6 Å². The zero-order chi connectivity index (χ0) is 21.0. The van der Waals surface area contributed by atoms with Crippen LogP contribution in [0, 0.1) is 6.92 Å². The van der Waals surface area contributed by atoms with Crippen molar-refractivity contribution in [2.45, 2.75) is 51.9 Å². The molecule has 0 saturated carbocycles. The molecule has 8 heteroatoms. The van der Waals surface area contributed by atoms with Crippen molar-refractivity contribution in [1.29, 1.82) is 0 Å². The second-order valence-corrected chi connectivity index (χ2v) is 9.33. The molecule has 0 aromatic carbocycles. The van der Waals surface area contributed by atoms with Crippen molar-refractivity contribution in [3.8, 4) is 0 Å². The number of rotatable bonds is 2. The summed E-state index contributed by atoms with van der Waals surface area (Å²) in [5.41, 5.74) is 5.16. The molecule has 0 atom stereocenters. The maximum atomic E-state index is 4.87. The van der Waals surface area contributed by atoms with Crippen molar-refractivity contribution >= 4 is 22.5 Å². The minimum atomic E-state index is -0.00925. The van der Waals surface area contributed by atoms with Gasteiger partial charge in [0.15, 0.2) is 17.3 Å². The molecule has 0 N–H and O–H groups in total. The molecule has 0 spiro atoms. The Bertz CT molecular complexity index is 1220. The number of hydrogen-bond donors (Lipinski definition) is 0. The largest absolute Gasteiger partial charge is 0.355 e. The molecule has 0 unspecified atom stereocenters. The van der Waals surface area contributed by atoms with Gasteiger partial charge in [-0.2, -0.15) is 9.61 Å². The average Bonchev–Trinajstić information content (AvgIpc) is 3.28. The van der Waals surface area contributed by atoms with Gasteiger partial charge in [0.1, 0.15) is 11.8 Å². The number of piperidine rings is 1. The van der Waals surface area contributed by atoms with Crippen LogP contribution >= 0.6 is 0 Å². The smallest absolute Gasteiger partial charge is 0.177 e. The van der Waals surface area contributed by atoms with Crippen LogP contribution in [-0.4, -0.2) is 47.4 Å². The van der Waals surface area contributed by atoms with E-state index in [1.165, 1.54) is 5.69 Å². The van der Waals surface area contributed by atoms with Crippen LogP contribution in [-0.2, 0) is 12.5 Å². The lowest BCUT2D eigenvalue weighted by Gasteiger charge is -2.32. The predicted octanol–water partition coefficient (Wildman–Crippen LogP) is 3.40. The molecule has 1 aliphatic rings. The third-order valence-corrected chi connectivity index (χ3v) is 6.26. The molecule has 1 aliphatic heterocycles. The number of hydrogen-bond acceptors (Lipinski definition) is 6. The molecule has 5 heterocycles. The van der Waals surface area contributed by atoms with Gasteiger partial charge in [-0.3, -0.25) is 0 Å². The van der Waals surface area contributed by atoms with E-state index in [0.29, 0.717) is 5.92 Å². The summed E-state index contributed by atoms with van der Waals surface area (Å²) in [5.74, 6) is 2.33. The van der Waals surface area contributed by atoms with Gasteiger partial charge < -0.3 is 9.47 Å². The van der Waals surface area contributed by atoms with Crippen LogP contribution in [0.2, 0.25) is 0 Å². The summed E-state index contributed by atoms with van der Waals surface area (Å²) in [7, 11) is 2.08. The summed E-state index contributed by atoms with van der Waals surface area (Å²) < 4.78 is 4.13. The Labute approximate surface area is 176 Å². The Hall–Kier alpha value is -3.03. The van der Waals surface area contributed by atoms with E-state index in [4.69, 9.17) is 5.10 Å². The molecule has 4 aromatic rings. The lowest BCUT2D eigenvalue weighted by Crippen LogP contribution is -2.34. The molecule has 0 radical (unpaired) electrons. The van der Waals surface area contributed by atoms with E-state index in [1.54, 1.807) is 6.33 Å². The van der Waals surface area contributed by atoms with E-state index in [9.17, 15) is 0 Å².